The first kappa shape index (κ1) is 15.3. The smallest absolute Gasteiger partial charge is 0.223 e. The van der Waals surface area contributed by atoms with Crippen molar-refractivity contribution in [2.24, 2.45) is 23.0 Å². The molecule has 1 aliphatic heterocycles. The summed E-state index contributed by atoms with van der Waals surface area (Å²) in [5, 5.41) is 5.91. The van der Waals surface area contributed by atoms with Gasteiger partial charge in [-0.15, -0.1) is 0 Å². The molecule has 0 radical (unpaired) electrons. The SMILES string of the molecule is CC1C(N)CCC(C(=O)NC2CCC(=O)NC2)C1(C)C. The van der Waals surface area contributed by atoms with Crippen molar-refractivity contribution >= 4 is 11.8 Å². The summed E-state index contributed by atoms with van der Waals surface area (Å²) in [6.45, 7) is 6.98. The van der Waals surface area contributed by atoms with Crippen LogP contribution in [0, 0.1) is 17.3 Å². The molecule has 0 aromatic carbocycles. The highest BCUT2D eigenvalue weighted by Crippen LogP contribution is 2.44. The average Bonchev–Trinajstić information content (AvgIpc) is 2.38. The van der Waals surface area contributed by atoms with Crippen LogP contribution in [0.4, 0.5) is 0 Å². The maximum absolute atomic E-state index is 12.6. The summed E-state index contributed by atoms with van der Waals surface area (Å²) in [5.41, 5.74) is 6.05. The molecule has 4 N–H and O–H groups in total. The van der Waals surface area contributed by atoms with Crippen LogP contribution in [0.2, 0.25) is 0 Å². The zero-order valence-corrected chi connectivity index (χ0v) is 12.7. The molecule has 1 aliphatic carbocycles. The fourth-order valence-electron chi connectivity index (χ4n) is 3.48. The van der Waals surface area contributed by atoms with Gasteiger partial charge in [-0.2, -0.15) is 0 Å². The summed E-state index contributed by atoms with van der Waals surface area (Å²) >= 11 is 0. The maximum atomic E-state index is 12.6. The molecule has 114 valence electrons. The number of carbonyl (C=O) groups is 2. The van der Waals surface area contributed by atoms with Crippen LogP contribution in [0.5, 0.6) is 0 Å². The van der Waals surface area contributed by atoms with Gasteiger partial charge in [-0.3, -0.25) is 9.59 Å². The molecule has 1 saturated carbocycles. The lowest BCUT2D eigenvalue weighted by Gasteiger charge is -2.46. The standard InChI is InChI=1S/C15H27N3O2/c1-9-12(16)6-5-11(15(9,2)3)14(20)18-10-4-7-13(19)17-8-10/h9-12H,4-8,16H2,1-3H3,(H,17,19)(H,18,20). The van der Waals surface area contributed by atoms with E-state index < -0.39 is 0 Å². The van der Waals surface area contributed by atoms with E-state index in [-0.39, 0.29) is 35.2 Å². The zero-order chi connectivity index (χ0) is 14.9. The predicted molar refractivity (Wildman–Crippen MR) is 77.8 cm³/mol. The first-order valence-corrected chi connectivity index (χ1v) is 7.65. The van der Waals surface area contributed by atoms with Gasteiger partial charge in [0, 0.05) is 31.0 Å². The van der Waals surface area contributed by atoms with E-state index in [1.807, 2.05) is 0 Å². The second-order valence-corrected chi connectivity index (χ2v) is 6.95. The zero-order valence-electron chi connectivity index (χ0n) is 12.7. The Morgan fingerprint density at radius 1 is 1.35 bits per heavy atom. The minimum atomic E-state index is -0.0837. The second-order valence-electron chi connectivity index (χ2n) is 6.95. The molecule has 4 atom stereocenters. The molecule has 0 bridgehead atoms. The number of rotatable bonds is 2. The number of hydrogen-bond acceptors (Lipinski definition) is 3. The second kappa shape index (κ2) is 5.72. The Kier molecular flexibility index (Phi) is 4.37. The summed E-state index contributed by atoms with van der Waals surface area (Å²) in [6.07, 6.45) is 2.99. The molecule has 2 aliphatic rings. The van der Waals surface area contributed by atoms with Gasteiger partial charge in [0.2, 0.25) is 11.8 Å². The minimum absolute atomic E-state index is 0.00919. The van der Waals surface area contributed by atoms with E-state index in [9.17, 15) is 9.59 Å². The van der Waals surface area contributed by atoms with Gasteiger partial charge < -0.3 is 16.4 Å². The molecule has 0 aromatic heterocycles. The van der Waals surface area contributed by atoms with E-state index in [4.69, 9.17) is 5.73 Å². The minimum Gasteiger partial charge on any atom is -0.354 e. The summed E-state index contributed by atoms with van der Waals surface area (Å²) in [7, 11) is 0. The first-order chi connectivity index (χ1) is 9.32. The highest BCUT2D eigenvalue weighted by molar-refractivity contribution is 5.81. The highest BCUT2D eigenvalue weighted by Gasteiger charge is 2.45. The van der Waals surface area contributed by atoms with E-state index in [1.165, 1.54) is 0 Å². The topological polar surface area (TPSA) is 84.2 Å². The molecule has 0 spiro atoms. The predicted octanol–water partition coefficient (Wildman–Crippen LogP) is 0.781. The van der Waals surface area contributed by atoms with Crippen LogP contribution in [0.25, 0.3) is 0 Å². The molecule has 1 saturated heterocycles. The van der Waals surface area contributed by atoms with Crippen LogP contribution in [-0.4, -0.2) is 30.4 Å². The Hall–Kier alpha value is -1.10. The van der Waals surface area contributed by atoms with Gasteiger partial charge in [0.1, 0.15) is 0 Å². The summed E-state index contributed by atoms with van der Waals surface area (Å²) < 4.78 is 0. The fraction of sp³-hybridized carbons (Fsp3) is 0.867. The van der Waals surface area contributed by atoms with Crippen molar-refractivity contribution in [3.63, 3.8) is 0 Å². The molecule has 2 rings (SSSR count). The van der Waals surface area contributed by atoms with Crippen LogP contribution in [-0.2, 0) is 9.59 Å². The molecule has 1 heterocycles. The van der Waals surface area contributed by atoms with Crippen molar-refractivity contribution in [3.8, 4) is 0 Å². The van der Waals surface area contributed by atoms with Crippen molar-refractivity contribution in [2.75, 3.05) is 6.54 Å². The third kappa shape index (κ3) is 2.97. The van der Waals surface area contributed by atoms with Gasteiger partial charge in [-0.1, -0.05) is 20.8 Å². The Labute approximate surface area is 121 Å². The lowest BCUT2D eigenvalue weighted by molar-refractivity contribution is -0.134. The molecule has 2 amide bonds. The largest absolute Gasteiger partial charge is 0.354 e. The normalized spacial score (nSPS) is 37.1. The third-order valence-electron chi connectivity index (χ3n) is 5.43. The van der Waals surface area contributed by atoms with Crippen LogP contribution in [0.15, 0.2) is 0 Å². The third-order valence-corrected chi connectivity index (χ3v) is 5.43. The summed E-state index contributed by atoms with van der Waals surface area (Å²) in [4.78, 5) is 23.7. The number of hydrogen-bond donors (Lipinski definition) is 3. The first-order valence-electron chi connectivity index (χ1n) is 7.65. The van der Waals surface area contributed by atoms with Gasteiger partial charge in [0.25, 0.3) is 0 Å². The summed E-state index contributed by atoms with van der Waals surface area (Å²) in [5.74, 6) is 0.538. The maximum Gasteiger partial charge on any atom is 0.223 e. The van der Waals surface area contributed by atoms with Crippen molar-refractivity contribution in [2.45, 2.75) is 58.5 Å². The Morgan fingerprint density at radius 3 is 2.65 bits per heavy atom. The molecule has 4 unspecified atom stereocenters. The van der Waals surface area contributed by atoms with E-state index >= 15 is 0 Å². The van der Waals surface area contributed by atoms with Crippen LogP contribution < -0.4 is 16.4 Å². The monoisotopic (exact) mass is 281 g/mol. The van der Waals surface area contributed by atoms with Gasteiger partial charge in [-0.05, 0) is 30.6 Å². The van der Waals surface area contributed by atoms with E-state index in [0.717, 1.165) is 19.3 Å². The average molecular weight is 281 g/mol. The van der Waals surface area contributed by atoms with Crippen LogP contribution in [0.3, 0.4) is 0 Å². The molecule has 2 fully saturated rings. The van der Waals surface area contributed by atoms with Gasteiger partial charge >= 0.3 is 0 Å². The van der Waals surface area contributed by atoms with Crippen LogP contribution >= 0.6 is 0 Å². The highest BCUT2D eigenvalue weighted by atomic mass is 16.2. The molecule has 5 heteroatoms. The number of nitrogens with two attached hydrogens (primary N) is 1. The quantitative estimate of drug-likeness (QED) is 0.699. The van der Waals surface area contributed by atoms with E-state index in [1.54, 1.807) is 0 Å². The Morgan fingerprint density at radius 2 is 2.05 bits per heavy atom. The van der Waals surface area contributed by atoms with Gasteiger partial charge in [0.05, 0.1) is 0 Å². The Bertz CT molecular complexity index is 385. The molecular formula is C15H27N3O2. The van der Waals surface area contributed by atoms with E-state index in [2.05, 4.69) is 31.4 Å². The number of amides is 2. The molecule has 0 aromatic rings. The van der Waals surface area contributed by atoms with Crippen molar-refractivity contribution < 1.29 is 9.59 Å². The molecule has 5 nitrogen and oxygen atoms in total. The fourth-order valence-corrected chi connectivity index (χ4v) is 3.48. The Balaban J connectivity index is 1.96. The number of carbonyl (C=O) groups excluding carboxylic acids is 2. The van der Waals surface area contributed by atoms with Crippen molar-refractivity contribution in [3.05, 3.63) is 0 Å². The van der Waals surface area contributed by atoms with Crippen molar-refractivity contribution in [1.29, 1.82) is 0 Å². The van der Waals surface area contributed by atoms with Crippen molar-refractivity contribution in [1.82, 2.24) is 10.6 Å². The van der Waals surface area contributed by atoms with Gasteiger partial charge in [0.15, 0.2) is 0 Å². The lowest BCUT2D eigenvalue weighted by Crippen LogP contribution is -2.55. The lowest BCUT2D eigenvalue weighted by atomic mass is 9.61. The summed E-state index contributed by atoms with van der Waals surface area (Å²) in [6, 6.07) is 0.255. The molecular weight excluding hydrogens is 254 g/mol. The van der Waals surface area contributed by atoms with E-state index in [0.29, 0.717) is 18.9 Å². The molecule has 20 heavy (non-hydrogen) atoms. The van der Waals surface area contributed by atoms with Gasteiger partial charge in [-0.25, -0.2) is 0 Å². The number of nitrogens with one attached hydrogen (secondary N) is 2. The number of piperidine rings is 1. The van der Waals surface area contributed by atoms with Crippen LogP contribution in [0.1, 0.15) is 46.5 Å².